The topological polar surface area (TPSA) is 82.2 Å². The molecule has 9 rings (SSSR count). The van der Waals surface area contributed by atoms with Gasteiger partial charge in [0.05, 0.1) is 27.9 Å². The van der Waals surface area contributed by atoms with Gasteiger partial charge in [0.1, 0.15) is 0 Å². The molecule has 1 amide bonds. The molecule has 2 saturated heterocycles. The number of carbonyl (C=O) groups excluding carboxylic acids is 1. The lowest BCUT2D eigenvalue weighted by Crippen LogP contribution is -2.37. The maximum Gasteiger partial charge on any atom is 0.227 e. The van der Waals surface area contributed by atoms with Crippen molar-refractivity contribution < 1.29 is 14.7 Å². The minimum Gasteiger partial charge on any atom is -0.342 e. The molecule has 2 N–H and O–H groups in total. The van der Waals surface area contributed by atoms with Gasteiger partial charge in [-0.2, -0.15) is 0 Å². The molecule has 5 heterocycles. The van der Waals surface area contributed by atoms with Crippen LogP contribution in [0.25, 0.3) is 11.1 Å². The summed E-state index contributed by atoms with van der Waals surface area (Å²) in [4.78, 5) is 24.5. The molecule has 0 atom stereocenters. The van der Waals surface area contributed by atoms with Crippen molar-refractivity contribution in [3.8, 4) is 0 Å². The van der Waals surface area contributed by atoms with Crippen molar-refractivity contribution in [1.82, 2.24) is 20.2 Å². The molecule has 0 bridgehead atoms. The summed E-state index contributed by atoms with van der Waals surface area (Å²) < 4.78 is 4.98. The number of fused-ring (bicyclic) bond motifs is 4. The Morgan fingerprint density at radius 3 is 1.67 bits per heavy atom. The van der Waals surface area contributed by atoms with Crippen molar-refractivity contribution in [3.05, 3.63) is 163 Å². The number of aryl methyl sites for hydroxylation is 2. The number of aromatic nitrogens is 3. The zero-order valence-electron chi connectivity index (χ0n) is 31.5. The van der Waals surface area contributed by atoms with Crippen LogP contribution in [0.15, 0.2) is 102 Å². The molecular weight excluding hydrogens is 1030 g/mol. The number of pyridine rings is 3. The molecule has 0 spiro atoms. The van der Waals surface area contributed by atoms with E-state index in [4.69, 9.17) is 33.2 Å². The quantitative estimate of drug-likeness (QED) is 0.136. The van der Waals surface area contributed by atoms with Crippen LogP contribution in [0.4, 0.5) is 0 Å². The predicted octanol–water partition coefficient (Wildman–Crippen LogP) is 11.1. The predicted molar refractivity (Wildman–Crippen MR) is 244 cm³/mol. The standard InChI is InChI=1S/C26H23Br2ClN3O2.C19H17Br2ClN2/c27-19-14-18-1-2-21-20(3-4-22(29)25(21)28)24(26(18)30-15-19)17-7-9-31(10-8-17)23(33)13-16-5-11-32(34)12-6-16;20-13-9-12-1-2-15-14(3-4-16(22)18(15)21)17(19(12)24-10-13)11-5-7-23-8-6-11/h3-6,11-12,14-15,34H,1-2,7-10,13H2;3-4,9-10,23H,1-2,5-8H2/q+1;. The van der Waals surface area contributed by atoms with E-state index in [9.17, 15) is 10.0 Å². The van der Waals surface area contributed by atoms with E-state index in [1.807, 2.05) is 29.4 Å². The number of carbonyl (C=O) groups is 1. The summed E-state index contributed by atoms with van der Waals surface area (Å²) in [5, 5.41) is 14.4. The lowest BCUT2D eigenvalue weighted by atomic mass is 9.88. The number of halogens is 6. The van der Waals surface area contributed by atoms with Gasteiger partial charge in [-0.15, -0.1) is 0 Å². The fourth-order valence-electron chi connectivity index (χ4n) is 8.53. The van der Waals surface area contributed by atoms with Crippen molar-refractivity contribution in [1.29, 1.82) is 0 Å². The number of piperidine rings is 2. The third-order valence-electron chi connectivity index (χ3n) is 11.4. The first kappa shape index (κ1) is 41.8. The highest BCUT2D eigenvalue weighted by atomic mass is 79.9. The van der Waals surface area contributed by atoms with E-state index in [-0.39, 0.29) is 5.91 Å². The van der Waals surface area contributed by atoms with Crippen LogP contribution in [-0.2, 0) is 36.9 Å². The van der Waals surface area contributed by atoms with Gasteiger partial charge < -0.3 is 10.2 Å². The number of nitrogens with one attached hydrogen (secondary N) is 1. The highest BCUT2D eigenvalue weighted by molar-refractivity contribution is 9.11. The second-order valence-electron chi connectivity index (χ2n) is 14.9. The maximum atomic E-state index is 12.9. The Morgan fingerprint density at radius 1 is 0.690 bits per heavy atom. The Kier molecular flexibility index (Phi) is 13.3. The van der Waals surface area contributed by atoms with E-state index in [0.29, 0.717) is 19.5 Å². The van der Waals surface area contributed by atoms with Gasteiger partial charge in [-0.1, -0.05) is 46.5 Å². The van der Waals surface area contributed by atoms with Gasteiger partial charge in [0.2, 0.25) is 18.3 Å². The fourth-order valence-corrected chi connectivity index (χ4v) is 10.7. The van der Waals surface area contributed by atoms with E-state index >= 15 is 0 Å². The molecular formula is C45H40Br4Cl2N5O2+. The molecule has 2 aliphatic heterocycles. The summed E-state index contributed by atoms with van der Waals surface area (Å²) >= 11 is 27.4. The Labute approximate surface area is 382 Å². The average Bonchev–Trinajstić information content (AvgIpc) is 3.50. The summed E-state index contributed by atoms with van der Waals surface area (Å²) in [6.07, 6.45) is 14.7. The summed E-state index contributed by atoms with van der Waals surface area (Å²) in [5.74, 6) is 0.109. The normalized spacial score (nSPS) is 16.3. The zero-order valence-corrected chi connectivity index (χ0v) is 39.4. The van der Waals surface area contributed by atoms with Crippen LogP contribution in [0.1, 0.15) is 76.0 Å². The molecule has 13 heteroatoms. The lowest BCUT2D eigenvalue weighted by Gasteiger charge is -2.30. The Hall–Kier alpha value is -2.90. The van der Waals surface area contributed by atoms with Gasteiger partial charge in [0.25, 0.3) is 0 Å². The first-order chi connectivity index (χ1) is 28.0. The van der Waals surface area contributed by atoms with Crippen molar-refractivity contribution in [3.63, 3.8) is 0 Å². The molecule has 0 radical (unpaired) electrons. The highest BCUT2D eigenvalue weighted by Gasteiger charge is 2.29. The number of amides is 1. The Morgan fingerprint density at radius 2 is 1.17 bits per heavy atom. The van der Waals surface area contributed by atoms with Gasteiger partial charge in [0.15, 0.2) is 0 Å². The third-order valence-corrected chi connectivity index (χ3v) is 15.2. The third kappa shape index (κ3) is 8.92. The smallest absolute Gasteiger partial charge is 0.227 e. The Balaban J connectivity index is 0.000000172. The molecule has 7 nitrogen and oxygen atoms in total. The first-order valence-electron chi connectivity index (χ1n) is 19.4. The summed E-state index contributed by atoms with van der Waals surface area (Å²) in [6.45, 7) is 3.44. The van der Waals surface area contributed by atoms with Crippen molar-refractivity contribution in [2.45, 2.75) is 57.8 Å². The van der Waals surface area contributed by atoms with Crippen LogP contribution in [-0.4, -0.2) is 52.2 Å². The van der Waals surface area contributed by atoms with E-state index in [0.717, 1.165) is 114 Å². The number of nitrogens with zero attached hydrogens (tertiary/aromatic N) is 4. The first-order valence-corrected chi connectivity index (χ1v) is 23.3. The largest absolute Gasteiger partial charge is 0.342 e. The van der Waals surface area contributed by atoms with Crippen molar-refractivity contribution in [2.24, 2.45) is 0 Å². The van der Waals surface area contributed by atoms with Crippen LogP contribution in [0.2, 0.25) is 10.0 Å². The monoisotopic (exact) mass is 1070 g/mol. The van der Waals surface area contributed by atoms with E-state index in [2.05, 4.69) is 93.3 Å². The SMILES string of the molecule is Clc1ccc2c(c1Br)CCc1cc(Br)cnc1C2=C1CCNCC1.O=C(Cc1cc[n+](O)cc1)N1CCC(=C2c3ccc(Cl)c(Br)c3CCc3cc(Br)cnc32)CC1. The molecule has 298 valence electrons. The molecule has 4 aliphatic rings. The van der Waals surface area contributed by atoms with Gasteiger partial charge >= 0.3 is 0 Å². The zero-order chi connectivity index (χ0) is 40.5. The number of rotatable bonds is 2. The van der Waals surface area contributed by atoms with Crippen molar-refractivity contribution >= 4 is 104 Å². The van der Waals surface area contributed by atoms with Gasteiger partial charge in [-0.3, -0.25) is 20.0 Å². The molecule has 2 aliphatic carbocycles. The molecule has 2 aromatic carbocycles. The number of hydrogen-bond donors (Lipinski definition) is 2. The highest BCUT2D eigenvalue weighted by Crippen LogP contribution is 2.44. The second kappa shape index (κ2) is 18.4. The maximum absolute atomic E-state index is 12.9. The van der Waals surface area contributed by atoms with E-state index in [1.165, 1.54) is 68.1 Å². The lowest BCUT2D eigenvalue weighted by molar-refractivity contribution is -0.904. The van der Waals surface area contributed by atoms with Crippen LogP contribution < -0.4 is 10.0 Å². The fraction of sp³-hybridized carbons (Fsp3) is 0.289. The van der Waals surface area contributed by atoms with Gasteiger partial charge in [-0.25, -0.2) is 0 Å². The Bertz CT molecular complexity index is 2470. The summed E-state index contributed by atoms with van der Waals surface area (Å²) in [6, 6.07) is 16.1. The van der Waals surface area contributed by atoms with Gasteiger partial charge in [-0.05, 0) is 191 Å². The molecule has 2 fully saturated rings. The number of hydrogen-bond acceptors (Lipinski definition) is 5. The summed E-state index contributed by atoms with van der Waals surface area (Å²) in [7, 11) is 0. The summed E-state index contributed by atoms with van der Waals surface area (Å²) in [5.41, 5.74) is 15.9. The molecule has 58 heavy (non-hydrogen) atoms. The second-order valence-corrected chi connectivity index (χ2v) is 19.2. The minimum atomic E-state index is 0.109. The average molecular weight is 1070 g/mol. The molecule has 3 aromatic heterocycles. The van der Waals surface area contributed by atoms with E-state index < -0.39 is 0 Å². The van der Waals surface area contributed by atoms with Crippen LogP contribution in [0.3, 0.4) is 0 Å². The number of benzene rings is 2. The van der Waals surface area contributed by atoms with E-state index in [1.54, 1.807) is 12.1 Å². The molecule has 5 aromatic rings. The van der Waals surface area contributed by atoms with Crippen LogP contribution >= 0.6 is 86.9 Å². The molecule has 0 unspecified atom stereocenters. The molecule has 0 saturated carbocycles. The van der Waals surface area contributed by atoms with Gasteiger partial charge in [0, 0.05) is 71.4 Å². The van der Waals surface area contributed by atoms with Crippen LogP contribution in [0, 0.1) is 0 Å². The number of likely N-dealkylation sites (tertiary alicyclic amines) is 1. The minimum absolute atomic E-state index is 0.109. The van der Waals surface area contributed by atoms with Crippen molar-refractivity contribution in [2.75, 3.05) is 26.2 Å². The van der Waals surface area contributed by atoms with Crippen LogP contribution in [0.5, 0.6) is 0 Å².